The maximum Gasteiger partial charge on any atom is 0.309 e. The van der Waals surface area contributed by atoms with Gasteiger partial charge in [0.25, 0.3) is 5.91 Å². The zero-order chi connectivity index (χ0) is 26.2. The van der Waals surface area contributed by atoms with Crippen molar-refractivity contribution in [2.45, 2.75) is 25.8 Å². The molecule has 6 N–H and O–H groups in total. The number of rotatable bonds is 7. The molecule has 2 aliphatic rings. The number of nitrogens with one attached hydrogen (secondary N) is 4. The Morgan fingerprint density at radius 1 is 1.16 bits per heavy atom. The number of anilines is 3. The Bertz CT molecular complexity index is 1200. The fourth-order valence-corrected chi connectivity index (χ4v) is 4.09. The highest BCUT2D eigenvalue weighted by Gasteiger charge is 2.24. The predicted octanol–water partition coefficient (Wildman–Crippen LogP) is -0.0154. The van der Waals surface area contributed by atoms with Gasteiger partial charge in [-0.3, -0.25) is 20.4 Å². The van der Waals surface area contributed by atoms with Crippen molar-refractivity contribution in [3.63, 3.8) is 0 Å². The van der Waals surface area contributed by atoms with Crippen LogP contribution in [0, 0.1) is 17.3 Å². The van der Waals surface area contributed by atoms with E-state index in [9.17, 15) is 9.59 Å². The molecular weight excluding hydrogens is 476 g/mol. The van der Waals surface area contributed by atoms with Gasteiger partial charge in [-0.15, -0.1) is 10.2 Å². The number of hydrazine groups is 1. The molecule has 2 amide bonds. The highest BCUT2D eigenvalue weighted by atomic mass is 16.5. The number of benzene rings is 1. The molecule has 1 aromatic carbocycles. The van der Waals surface area contributed by atoms with E-state index in [0.29, 0.717) is 56.6 Å². The van der Waals surface area contributed by atoms with Crippen molar-refractivity contribution >= 4 is 35.1 Å². The Morgan fingerprint density at radius 3 is 2.62 bits per heavy atom. The van der Waals surface area contributed by atoms with Gasteiger partial charge in [-0.1, -0.05) is 5.92 Å². The lowest BCUT2D eigenvalue weighted by molar-refractivity contribution is -0.116. The number of nitrogens with two attached hydrogens (primary N) is 1. The number of amidine groups is 1. The van der Waals surface area contributed by atoms with Gasteiger partial charge in [-0.25, -0.2) is 5.43 Å². The first-order valence-electron chi connectivity index (χ1n) is 12.0. The van der Waals surface area contributed by atoms with Gasteiger partial charge in [0, 0.05) is 43.5 Å². The summed E-state index contributed by atoms with van der Waals surface area (Å²) in [5.41, 5.74) is 12.7. The number of hydrogen-bond donors (Lipinski definition) is 5. The Kier molecular flexibility index (Phi) is 8.44. The van der Waals surface area contributed by atoms with E-state index in [2.05, 4.69) is 43.2 Å². The molecule has 0 unspecified atom stereocenters. The molecule has 2 fully saturated rings. The van der Waals surface area contributed by atoms with Gasteiger partial charge >= 0.3 is 5.91 Å². The highest BCUT2D eigenvalue weighted by Crippen LogP contribution is 2.22. The lowest BCUT2D eigenvalue weighted by Crippen LogP contribution is -2.52. The normalized spacial score (nSPS) is 17.4. The van der Waals surface area contributed by atoms with Crippen molar-refractivity contribution in [3.05, 3.63) is 35.5 Å². The number of piperidine rings is 1. The van der Waals surface area contributed by atoms with Crippen LogP contribution < -0.4 is 26.8 Å². The molecule has 194 valence electrons. The molecule has 0 spiro atoms. The third kappa shape index (κ3) is 6.69. The van der Waals surface area contributed by atoms with Crippen molar-refractivity contribution in [1.82, 2.24) is 30.9 Å². The molecule has 2 aromatic rings. The molecule has 37 heavy (non-hydrogen) atoms. The number of aromatic nitrogens is 3. The van der Waals surface area contributed by atoms with Gasteiger partial charge in [0.2, 0.25) is 5.95 Å². The summed E-state index contributed by atoms with van der Waals surface area (Å²) in [6, 6.07) is 6.98. The van der Waals surface area contributed by atoms with E-state index in [1.807, 2.05) is 4.90 Å². The number of nitrogens with zero attached hydrogens (tertiary/aromatic N) is 5. The maximum absolute atomic E-state index is 12.7. The van der Waals surface area contributed by atoms with Crippen molar-refractivity contribution in [2.75, 3.05) is 49.6 Å². The summed E-state index contributed by atoms with van der Waals surface area (Å²) in [7, 11) is 0. The van der Waals surface area contributed by atoms with Gasteiger partial charge in [-0.05, 0) is 50.0 Å². The van der Waals surface area contributed by atoms with Crippen molar-refractivity contribution in [1.29, 1.82) is 5.41 Å². The van der Waals surface area contributed by atoms with Gasteiger partial charge in [0.1, 0.15) is 5.84 Å². The van der Waals surface area contributed by atoms with E-state index in [1.54, 1.807) is 36.1 Å². The number of hydrogen-bond acceptors (Lipinski definition) is 10. The molecule has 0 saturated carbocycles. The highest BCUT2D eigenvalue weighted by molar-refractivity contribution is 5.98. The quantitative estimate of drug-likeness (QED) is 0.149. The molecule has 1 atom stereocenters. The standard InChI is InChI=1S/C24H30N10O3/c1-2-4-19(35)30-29-18-5-3-10-34(15-18)24-28-22(20(21(25)26)31-32-24)27-17-8-6-16(7-9-17)23(36)33-11-13-37-14-12-33/h6-9,18,29H,3,5,10-15H2,1H3,(H3,25,26)(H,30,35)(H,27,28,32)/t18-/m1/s1. The molecule has 3 heterocycles. The number of nitrogen functional groups attached to an aromatic ring is 1. The molecular formula is C24H30N10O3. The largest absolute Gasteiger partial charge is 0.382 e. The monoisotopic (exact) mass is 506 g/mol. The topological polar surface area (TPSA) is 174 Å². The molecule has 0 radical (unpaired) electrons. The zero-order valence-corrected chi connectivity index (χ0v) is 20.6. The van der Waals surface area contributed by atoms with Crippen molar-refractivity contribution in [3.8, 4) is 11.8 Å². The van der Waals surface area contributed by atoms with Crippen LogP contribution in [0.25, 0.3) is 0 Å². The van der Waals surface area contributed by atoms with Crippen LogP contribution in [-0.2, 0) is 9.53 Å². The number of carbonyl (C=O) groups excluding carboxylic acids is 2. The molecule has 13 nitrogen and oxygen atoms in total. The summed E-state index contributed by atoms with van der Waals surface area (Å²) in [5.74, 6) is 4.92. The third-order valence-electron chi connectivity index (χ3n) is 5.96. The first kappa shape index (κ1) is 25.8. The number of morpholine rings is 1. The Labute approximate surface area is 214 Å². The van der Waals surface area contributed by atoms with Crippen LogP contribution in [0.4, 0.5) is 17.5 Å². The molecule has 2 aliphatic heterocycles. The van der Waals surface area contributed by atoms with Crippen molar-refractivity contribution in [2.24, 2.45) is 5.73 Å². The fraction of sp³-hybridized carbons (Fsp3) is 0.417. The van der Waals surface area contributed by atoms with Gasteiger partial charge in [0.05, 0.1) is 13.2 Å². The number of carbonyl (C=O) groups is 2. The van der Waals surface area contributed by atoms with E-state index in [4.69, 9.17) is 15.9 Å². The molecule has 2 saturated heterocycles. The average molecular weight is 507 g/mol. The summed E-state index contributed by atoms with van der Waals surface area (Å²) in [6.45, 7) is 5.07. The lowest BCUT2D eigenvalue weighted by atomic mass is 10.1. The molecule has 0 aliphatic carbocycles. The zero-order valence-electron chi connectivity index (χ0n) is 20.6. The second kappa shape index (κ2) is 12.1. The van der Waals surface area contributed by atoms with Crippen LogP contribution in [0.2, 0.25) is 0 Å². The minimum Gasteiger partial charge on any atom is -0.382 e. The molecule has 0 bridgehead atoms. The lowest BCUT2D eigenvalue weighted by Gasteiger charge is -2.33. The second-order valence-corrected chi connectivity index (χ2v) is 8.59. The molecule has 13 heteroatoms. The van der Waals surface area contributed by atoms with Gasteiger partial charge in [-0.2, -0.15) is 4.98 Å². The first-order chi connectivity index (χ1) is 17.9. The van der Waals surface area contributed by atoms with E-state index < -0.39 is 5.91 Å². The minimum absolute atomic E-state index is 0.0274. The van der Waals surface area contributed by atoms with Crippen LogP contribution in [0.5, 0.6) is 0 Å². The number of amides is 2. The summed E-state index contributed by atoms with van der Waals surface area (Å²) in [4.78, 5) is 32.7. The number of ether oxygens (including phenoxy) is 1. The van der Waals surface area contributed by atoms with Gasteiger partial charge in [0.15, 0.2) is 11.5 Å². The average Bonchev–Trinajstić information content (AvgIpc) is 2.92. The van der Waals surface area contributed by atoms with Crippen molar-refractivity contribution < 1.29 is 14.3 Å². The summed E-state index contributed by atoms with van der Waals surface area (Å²) in [5, 5.41) is 19.3. The van der Waals surface area contributed by atoms with E-state index in [-0.39, 0.29) is 29.3 Å². The van der Waals surface area contributed by atoms with E-state index in [1.165, 1.54) is 0 Å². The summed E-state index contributed by atoms with van der Waals surface area (Å²) in [6.07, 6.45) is 1.71. The van der Waals surface area contributed by atoms with Crippen LogP contribution in [0.15, 0.2) is 24.3 Å². The van der Waals surface area contributed by atoms with E-state index in [0.717, 1.165) is 12.8 Å². The second-order valence-electron chi connectivity index (χ2n) is 8.59. The molecule has 4 rings (SSSR count). The summed E-state index contributed by atoms with van der Waals surface area (Å²) < 4.78 is 5.31. The van der Waals surface area contributed by atoms with Gasteiger partial charge < -0.3 is 25.6 Å². The minimum atomic E-state index is -0.396. The fourth-order valence-electron chi connectivity index (χ4n) is 4.09. The Hall–Kier alpha value is -4.28. The Morgan fingerprint density at radius 2 is 1.92 bits per heavy atom. The molecule has 1 aromatic heterocycles. The van der Waals surface area contributed by atoms with E-state index >= 15 is 0 Å². The Balaban J connectivity index is 1.46. The van der Waals surface area contributed by atoms with Crippen LogP contribution >= 0.6 is 0 Å². The summed E-state index contributed by atoms with van der Waals surface area (Å²) >= 11 is 0. The third-order valence-corrected chi connectivity index (χ3v) is 5.96. The SMILES string of the molecule is CC#CC(=O)NN[C@@H]1CCCN(c2nnc(C(=N)N)c(Nc3ccc(C(=O)N4CCOCC4)cc3)n2)C1. The smallest absolute Gasteiger partial charge is 0.309 e. The van der Waals surface area contributed by atoms with Crippen LogP contribution in [0.3, 0.4) is 0 Å². The maximum atomic E-state index is 12.7. The van der Waals surface area contributed by atoms with Crippen LogP contribution in [0.1, 0.15) is 35.8 Å². The van der Waals surface area contributed by atoms with Crippen LogP contribution in [-0.4, -0.2) is 83.2 Å². The predicted molar refractivity (Wildman–Crippen MR) is 137 cm³/mol. The first-order valence-corrected chi connectivity index (χ1v) is 12.0.